The van der Waals surface area contributed by atoms with Crippen molar-refractivity contribution in [2.24, 2.45) is 5.92 Å². The van der Waals surface area contributed by atoms with E-state index >= 15 is 0 Å². The number of H-pyrrole nitrogens is 1. The van der Waals surface area contributed by atoms with Gasteiger partial charge in [-0.15, -0.1) is 11.3 Å². The van der Waals surface area contributed by atoms with E-state index in [1.165, 1.54) is 4.88 Å². The highest BCUT2D eigenvalue weighted by Crippen LogP contribution is 2.28. The molecular weight excluding hydrogens is 312 g/mol. The number of amides is 2. The first-order valence-electron chi connectivity index (χ1n) is 7.76. The lowest BCUT2D eigenvalue weighted by Gasteiger charge is -2.25. The Kier molecular flexibility index (Phi) is 4.47. The van der Waals surface area contributed by atoms with Crippen LogP contribution < -0.4 is 10.6 Å². The molecule has 7 heteroatoms. The standard InChI is InChI=1S/C16H20N4O2S/c1-9-6-7-13(23-9)12-8-14(20-19-12)18-15(21)10(2)17-16(22)11-4-3-5-11/h6-8,10-11H,3-5H2,1-2H3,(H,17,22)(H2,18,19,20,21)/t10-/m0/s1. The van der Waals surface area contributed by atoms with Crippen LogP contribution in [0.25, 0.3) is 10.6 Å². The average molecular weight is 332 g/mol. The minimum atomic E-state index is -0.577. The molecule has 3 rings (SSSR count). The van der Waals surface area contributed by atoms with Gasteiger partial charge in [0, 0.05) is 16.9 Å². The second-order valence-electron chi connectivity index (χ2n) is 5.92. The van der Waals surface area contributed by atoms with Gasteiger partial charge in [0.1, 0.15) is 6.04 Å². The molecule has 1 atom stereocenters. The van der Waals surface area contributed by atoms with Crippen molar-refractivity contribution in [2.75, 3.05) is 5.32 Å². The zero-order chi connectivity index (χ0) is 16.4. The van der Waals surface area contributed by atoms with Crippen LogP contribution in [0, 0.1) is 12.8 Å². The zero-order valence-corrected chi connectivity index (χ0v) is 14.0. The monoisotopic (exact) mass is 332 g/mol. The summed E-state index contributed by atoms with van der Waals surface area (Å²) in [7, 11) is 0. The van der Waals surface area contributed by atoms with E-state index in [4.69, 9.17) is 0 Å². The summed E-state index contributed by atoms with van der Waals surface area (Å²) >= 11 is 1.66. The van der Waals surface area contributed by atoms with Crippen molar-refractivity contribution in [3.63, 3.8) is 0 Å². The molecule has 2 aromatic heterocycles. The van der Waals surface area contributed by atoms with Crippen molar-refractivity contribution in [3.05, 3.63) is 23.1 Å². The summed E-state index contributed by atoms with van der Waals surface area (Å²) in [6.45, 7) is 3.72. The van der Waals surface area contributed by atoms with Gasteiger partial charge in [-0.1, -0.05) is 6.42 Å². The van der Waals surface area contributed by atoms with Crippen LogP contribution in [0.15, 0.2) is 18.2 Å². The Balaban J connectivity index is 1.57. The number of carbonyl (C=O) groups is 2. The van der Waals surface area contributed by atoms with E-state index in [1.54, 1.807) is 24.3 Å². The minimum Gasteiger partial charge on any atom is -0.344 e. The van der Waals surface area contributed by atoms with Gasteiger partial charge in [0.05, 0.1) is 10.6 Å². The van der Waals surface area contributed by atoms with E-state index in [1.807, 2.05) is 19.1 Å². The normalized spacial score (nSPS) is 15.7. The maximum absolute atomic E-state index is 12.1. The van der Waals surface area contributed by atoms with Crippen molar-refractivity contribution < 1.29 is 9.59 Å². The molecule has 2 aromatic rings. The smallest absolute Gasteiger partial charge is 0.247 e. The Morgan fingerprint density at radius 1 is 1.39 bits per heavy atom. The quantitative estimate of drug-likeness (QED) is 0.787. The Hall–Kier alpha value is -2.15. The second-order valence-corrected chi connectivity index (χ2v) is 7.21. The molecule has 122 valence electrons. The van der Waals surface area contributed by atoms with Crippen molar-refractivity contribution in [1.82, 2.24) is 15.5 Å². The summed E-state index contributed by atoms with van der Waals surface area (Å²) < 4.78 is 0. The van der Waals surface area contributed by atoms with Gasteiger partial charge in [-0.3, -0.25) is 14.7 Å². The molecule has 1 aliphatic rings. The summed E-state index contributed by atoms with van der Waals surface area (Å²) in [6, 6.07) is 5.27. The van der Waals surface area contributed by atoms with Crippen LogP contribution in [-0.4, -0.2) is 28.1 Å². The van der Waals surface area contributed by atoms with Gasteiger partial charge in [0.25, 0.3) is 0 Å². The fourth-order valence-electron chi connectivity index (χ4n) is 2.39. The Morgan fingerprint density at radius 2 is 2.17 bits per heavy atom. The summed E-state index contributed by atoms with van der Waals surface area (Å²) in [6.07, 6.45) is 2.93. The molecule has 23 heavy (non-hydrogen) atoms. The number of aromatic amines is 1. The lowest BCUT2D eigenvalue weighted by Crippen LogP contribution is -2.45. The summed E-state index contributed by atoms with van der Waals surface area (Å²) in [5.74, 6) is 0.235. The van der Waals surface area contributed by atoms with Crippen molar-refractivity contribution in [3.8, 4) is 10.6 Å². The van der Waals surface area contributed by atoms with Gasteiger partial charge >= 0.3 is 0 Å². The molecule has 1 saturated carbocycles. The number of aryl methyl sites for hydroxylation is 1. The third-order valence-corrected chi connectivity index (χ3v) is 5.10. The van der Waals surface area contributed by atoms with E-state index < -0.39 is 6.04 Å². The van der Waals surface area contributed by atoms with Crippen molar-refractivity contribution in [2.45, 2.75) is 39.2 Å². The van der Waals surface area contributed by atoms with Crippen LogP contribution in [0.5, 0.6) is 0 Å². The number of hydrogen-bond acceptors (Lipinski definition) is 4. The molecular formula is C16H20N4O2S. The number of aromatic nitrogens is 2. The number of hydrogen-bond donors (Lipinski definition) is 3. The molecule has 6 nitrogen and oxygen atoms in total. The van der Waals surface area contributed by atoms with Crippen LogP contribution in [-0.2, 0) is 9.59 Å². The second kappa shape index (κ2) is 6.54. The number of nitrogens with zero attached hydrogens (tertiary/aromatic N) is 1. The van der Waals surface area contributed by atoms with Gasteiger partial charge in [-0.2, -0.15) is 5.10 Å². The third kappa shape index (κ3) is 3.61. The number of rotatable bonds is 5. The summed E-state index contributed by atoms with van der Waals surface area (Å²) in [5.41, 5.74) is 0.865. The maximum atomic E-state index is 12.1. The van der Waals surface area contributed by atoms with Gasteiger partial charge in [-0.25, -0.2) is 0 Å². The Bertz CT molecular complexity index is 717. The lowest BCUT2D eigenvalue weighted by molar-refractivity contribution is -0.130. The molecule has 0 saturated heterocycles. The predicted octanol–water partition coefficient (Wildman–Crippen LogP) is 2.69. The fraction of sp³-hybridized carbons (Fsp3) is 0.438. The van der Waals surface area contributed by atoms with Gasteiger partial charge in [0.15, 0.2) is 5.82 Å². The molecule has 0 radical (unpaired) electrons. The van der Waals surface area contributed by atoms with E-state index in [9.17, 15) is 9.59 Å². The Morgan fingerprint density at radius 3 is 2.78 bits per heavy atom. The first-order valence-corrected chi connectivity index (χ1v) is 8.58. The maximum Gasteiger partial charge on any atom is 0.247 e. The number of carbonyl (C=O) groups excluding carboxylic acids is 2. The molecule has 0 aromatic carbocycles. The molecule has 2 heterocycles. The topological polar surface area (TPSA) is 86.9 Å². The molecule has 0 spiro atoms. The van der Waals surface area contributed by atoms with Crippen LogP contribution in [0.3, 0.4) is 0 Å². The van der Waals surface area contributed by atoms with Gasteiger partial charge < -0.3 is 10.6 Å². The van der Waals surface area contributed by atoms with Crippen LogP contribution in [0.2, 0.25) is 0 Å². The molecule has 1 aliphatic carbocycles. The highest BCUT2D eigenvalue weighted by atomic mass is 32.1. The SMILES string of the molecule is Cc1ccc(-c2cc(NC(=O)[C@H](C)NC(=O)C3CCC3)n[nH]2)s1. The molecule has 3 N–H and O–H groups in total. The predicted molar refractivity (Wildman–Crippen MR) is 90.2 cm³/mol. The van der Waals surface area contributed by atoms with E-state index in [2.05, 4.69) is 20.8 Å². The Labute approximate surface area is 138 Å². The van der Waals surface area contributed by atoms with E-state index in [-0.39, 0.29) is 17.7 Å². The van der Waals surface area contributed by atoms with Crippen molar-refractivity contribution >= 4 is 29.0 Å². The first kappa shape index (κ1) is 15.7. The number of thiophene rings is 1. The highest BCUT2D eigenvalue weighted by Gasteiger charge is 2.27. The highest BCUT2D eigenvalue weighted by molar-refractivity contribution is 7.15. The third-order valence-electron chi connectivity index (χ3n) is 4.06. The van der Waals surface area contributed by atoms with Crippen LogP contribution >= 0.6 is 11.3 Å². The summed E-state index contributed by atoms with van der Waals surface area (Å²) in [5, 5.41) is 12.5. The van der Waals surface area contributed by atoms with Gasteiger partial charge in [0.2, 0.25) is 11.8 Å². The number of anilines is 1. The minimum absolute atomic E-state index is 0.0318. The van der Waals surface area contributed by atoms with Crippen LogP contribution in [0.1, 0.15) is 31.1 Å². The van der Waals surface area contributed by atoms with Crippen molar-refractivity contribution in [1.29, 1.82) is 0 Å². The zero-order valence-electron chi connectivity index (χ0n) is 13.2. The molecule has 0 aliphatic heterocycles. The van der Waals surface area contributed by atoms with Gasteiger partial charge in [-0.05, 0) is 38.8 Å². The number of nitrogens with one attached hydrogen (secondary N) is 3. The average Bonchev–Trinajstić information content (AvgIpc) is 3.05. The molecule has 0 unspecified atom stereocenters. The van der Waals surface area contributed by atoms with E-state index in [0.29, 0.717) is 5.82 Å². The first-order chi connectivity index (χ1) is 11.0. The molecule has 0 bridgehead atoms. The van der Waals surface area contributed by atoms with E-state index in [0.717, 1.165) is 29.8 Å². The lowest BCUT2D eigenvalue weighted by atomic mass is 9.84. The molecule has 1 fully saturated rings. The van der Waals surface area contributed by atoms with Crippen LogP contribution in [0.4, 0.5) is 5.82 Å². The largest absolute Gasteiger partial charge is 0.344 e. The molecule has 2 amide bonds. The fourth-order valence-corrected chi connectivity index (χ4v) is 3.23. The summed E-state index contributed by atoms with van der Waals surface area (Å²) in [4.78, 5) is 26.3.